The zero-order chi connectivity index (χ0) is 29.2. The highest BCUT2D eigenvalue weighted by Gasteiger charge is 2.19. The van der Waals surface area contributed by atoms with Crippen LogP contribution in [0, 0.1) is 13.8 Å². The molecule has 0 radical (unpaired) electrons. The summed E-state index contributed by atoms with van der Waals surface area (Å²) in [7, 11) is 2.17. The molecule has 214 valence electrons. The minimum atomic E-state index is -0.161. The first kappa shape index (κ1) is 27.7. The summed E-state index contributed by atoms with van der Waals surface area (Å²) >= 11 is 0. The van der Waals surface area contributed by atoms with Crippen LogP contribution in [0.1, 0.15) is 38.3 Å². The standard InChI is InChI=1S/C35H37N5O2/c1-23-7-14-29(42-34-21-33(25-8-11-27(36)12-9-25)38-32-6-4-5-30(32)34)20-31(23)35(41)37-28-13-10-26(24(2)19-28)22-40-17-15-39(3)16-18-40/h4-5,7-14,19-21H,6,15-18,22,36H2,1-3H3,(H,37,41). The van der Waals surface area contributed by atoms with Crippen molar-refractivity contribution in [3.8, 4) is 22.8 Å². The fourth-order valence-electron chi connectivity index (χ4n) is 5.52. The van der Waals surface area contributed by atoms with Crippen molar-refractivity contribution in [2.45, 2.75) is 26.8 Å². The van der Waals surface area contributed by atoms with E-state index in [9.17, 15) is 4.79 Å². The molecule has 2 heterocycles. The Kier molecular flexibility index (Phi) is 7.78. The van der Waals surface area contributed by atoms with E-state index in [1.54, 1.807) is 0 Å². The quantitative estimate of drug-likeness (QED) is 0.258. The smallest absolute Gasteiger partial charge is 0.256 e. The lowest BCUT2D eigenvalue weighted by Crippen LogP contribution is -2.43. The number of hydrogen-bond acceptors (Lipinski definition) is 6. The van der Waals surface area contributed by atoms with Gasteiger partial charge in [-0.3, -0.25) is 14.7 Å². The molecule has 1 amide bonds. The Hall–Kier alpha value is -4.46. The second kappa shape index (κ2) is 11.8. The lowest BCUT2D eigenvalue weighted by atomic mass is 10.1. The number of carbonyl (C=O) groups is 1. The lowest BCUT2D eigenvalue weighted by Gasteiger charge is -2.32. The van der Waals surface area contributed by atoms with Gasteiger partial charge >= 0.3 is 0 Å². The predicted molar refractivity (Wildman–Crippen MR) is 170 cm³/mol. The van der Waals surface area contributed by atoms with Gasteiger partial charge in [-0.25, -0.2) is 0 Å². The molecule has 0 spiro atoms. The van der Waals surface area contributed by atoms with E-state index in [2.05, 4.69) is 47.3 Å². The highest BCUT2D eigenvalue weighted by molar-refractivity contribution is 6.05. The average Bonchev–Trinajstić information content (AvgIpc) is 3.46. The molecule has 1 aliphatic carbocycles. The molecule has 0 atom stereocenters. The minimum Gasteiger partial charge on any atom is -0.457 e. The molecule has 3 N–H and O–H groups in total. The van der Waals surface area contributed by atoms with Crippen molar-refractivity contribution >= 4 is 23.4 Å². The van der Waals surface area contributed by atoms with Gasteiger partial charge in [0.15, 0.2) is 0 Å². The number of allylic oxidation sites excluding steroid dienone is 1. The van der Waals surface area contributed by atoms with E-state index in [0.29, 0.717) is 22.7 Å². The molecule has 0 saturated carbocycles. The van der Waals surface area contributed by atoms with E-state index in [1.807, 2.05) is 67.6 Å². The first-order chi connectivity index (χ1) is 20.3. The van der Waals surface area contributed by atoms with Gasteiger partial charge in [0.1, 0.15) is 11.5 Å². The predicted octanol–water partition coefficient (Wildman–Crippen LogP) is 6.31. The van der Waals surface area contributed by atoms with E-state index in [4.69, 9.17) is 15.5 Å². The molecule has 42 heavy (non-hydrogen) atoms. The number of nitrogens with two attached hydrogens (primary N) is 1. The first-order valence-corrected chi connectivity index (χ1v) is 14.5. The van der Waals surface area contributed by atoms with Gasteiger partial charge in [0.2, 0.25) is 0 Å². The first-order valence-electron chi connectivity index (χ1n) is 14.5. The molecule has 7 nitrogen and oxygen atoms in total. The molecule has 7 heteroatoms. The van der Waals surface area contributed by atoms with Crippen molar-refractivity contribution in [2.75, 3.05) is 44.3 Å². The van der Waals surface area contributed by atoms with Gasteiger partial charge in [-0.1, -0.05) is 36.4 Å². The fraction of sp³-hybridized carbons (Fsp3) is 0.257. The molecular formula is C35H37N5O2. The number of fused-ring (bicyclic) bond motifs is 1. The van der Waals surface area contributed by atoms with Gasteiger partial charge in [-0.05, 0) is 74.0 Å². The van der Waals surface area contributed by atoms with E-state index in [0.717, 1.165) is 72.9 Å². The lowest BCUT2D eigenvalue weighted by molar-refractivity contribution is 0.102. The maximum Gasteiger partial charge on any atom is 0.256 e. The van der Waals surface area contributed by atoms with Crippen molar-refractivity contribution in [3.05, 3.63) is 106 Å². The van der Waals surface area contributed by atoms with E-state index < -0.39 is 0 Å². The van der Waals surface area contributed by atoms with Crippen molar-refractivity contribution in [3.63, 3.8) is 0 Å². The van der Waals surface area contributed by atoms with Crippen LogP contribution >= 0.6 is 0 Å². The molecule has 6 rings (SSSR count). The van der Waals surface area contributed by atoms with Crippen LogP contribution in [-0.4, -0.2) is 53.9 Å². The maximum absolute atomic E-state index is 13.4. The molecular weight excluding hydrogens is 522 g/mol. The van der Waals surface area contributed by atoms with E-state index >= 15 is 0 Å². The number of benzene rings is 3. The van der Waals surface area contributed by atoms with Crippen LogP contribution in [0.15, 0.2) is 72.8 Å². The van der Waals surface area contributed by atoms with E-state index in [1.165, 1.54) is 11.1 Å². The normalized spacial score (nSPS) is 15.0. The van der Waals surface area contributed by atoms with Crippen LogP contribution in [0.2, 0.25) is 0 Å². The average molecular weight is 560 g/mol. The van der Waals surface area contributed by atoms with Crippen LogP contribution in [0.4, 0.5) is 11.4 Å². The Morgan fingerprint density at radius 3 is 2.50 bits per heavy atom. The number of nitrogens with one attached hydrogen (secondary N) is 1. The summed E-state index contributed by atoms with van der Waals surface area (Å²) in [4.78, 5) is 23.1. The number of carbonyl (C=O) groups excluding carboxylic acids is 1. The van der Waals surface area contributed by atoms with E-state index in [-0.39, 0.29) is 5.91 Å². The van der Waals surface area contributed by atoms with Crippen LogP contribution in [0.5, 0.6) is 11.5 Å². The number of rotatable bonds is 7. The van der Waals surface area contributed by atoms with Gasteiger partial charge in [0, 0.05) is 73.3 Å². The number of nitrogens with zero attached hydrogens (tertiary/aromatic N) is 3. The highest BCUT2D eigenvalue weighted by Crippen LogP contribution is 2.36. The molecule has 0 bridgehead atoms. The minimum absolute atomic E-state index is 0.161. The number of pyridine rings is 1. The van der Waals surface area contributed by atoms with Gasteiger partial charge in [0.05, 0.1) is 11.4 Å². The number of hydrogen-bond donors (Lipinski definition) is 2. The SMILES string of the molecule is Cc1cc(NC(=O)c2cc(Oc3cc(-c4ccc(N)cc4)nc4c3C=CC4)ccc2C)ccc1CN1CCN(C)CC1. The number of amides is 1. The third-order valence-electron chi connectivity index (χ3n) is 8.17. The number of ether oxygens (including phenoxy) is 1. The Labute approximate surface area is 247 Å². The third kappa shape index (κ3) is 6.08. The fourth-order valence-corrected chi connectivity index (χ4v) is 5.52. The molecule has 0 unspecified atom stereocenters. The zero-order valence-corrected chi connectivity index (χ0v) is 24.5. The number of aromatic nitrogens is 1. The topological polar surface area (TPSA) is 83.7 Å². The second-order valence-corrected chi connectivity index (χ2v) is 11.3. The molecule has 1 fully saturated rings. The summed E-state index contributed by atoms with van der Waals surface area (Å²) in [6, 6.07) is 21.4. The van der Waals surface area contributed by atoms with Crippen molar-refractivity contribution in [2.24, 2.45) is 0 Å². The van der Waals surface area contributed by atoms with Gasteiger partial charge in [-0.15, -0.1) is 0 Å². The molecule has 3 aromatic carbocycles. The Morgan fingerprint density at radius 2 is 1.74 bits per heavy atom. The zero-order valence-electron chi connectivity index (χ0n) is 24.5. The summed E-state index contributed by atoms with van der Waals surface area (Å²) in [6.07, 6.45) is 4.88. The Bertz CT molecular complexity index is 1650. The van der Waals surface area contributed by atoms with Crippen LogP contribution in [0.3, 0.4) is 0 Å². The summed E-state index contributed by atoms with van der Waals surface area (Å²) in [6.45, 7) is 9.33. The number of likely N-dealkylation sites (N-methyl/N-ethyl adjacent to an activating group) is 1. The summed E-state index contributed by atoms with van der Waals surface area (Å²) < 4.78 is 6.41. The van der Waals surface area contributed by atoms with Gasteiger partial charge in [0.25, 0.3) is 5.91 Å². The number of aryl methyl sites for hydroxylation is 2. The van der Waals surface area contributed by atoms with Crippen LogP contribution in [-0.2, 0) is 13.0 Å². The molecule has 2 aliphatic rings. The number of piperazine rings is 1. The highest BCUT2D eigenvalue weighted by atomic mass is 16.5. The summed E-state index contributed by atoms with van der Waals surface area (Å²) in [5.41, 5.74) is 15.0. The summed E-state index contributed by atoms with van der Waals surface area (Å²) in [5, 5.41) is 3.10. The number of anilines is 2. The molecule has 4 aromatic rings. The van der Waals surface area contributed by atoms with Crippen molar-refractivity contribution in [1.82, 2.24) is 14.8 Å². The van der Waals surface area contributed by atoms with Crippen LogP contribution in [0.25, 0.3) is 17.3 Å². The maximum atomic E-state index is 13.4. The van der Waals surface area contributed by atoms with Crippen LogP contribution < -0.4 is 15.8 Å². The number of nitrogen functional groups attached to an aromatic ring is 1. The summed E-state index contributed by atoms with van der Waals surface area (Å²) in [5.74, 6) is 1.15. The molecule has 1 aromatic heterocycles. The van der Waals surface area contributed by atoms with Crippen molar-refractivity contribution in [1.29, 1.82) is 0 Å². The van der Waals surface area contributed by atoms with Gasteiger partial charge < -0.3 is 20.7 Å². The monoisotopic (exact) mass is 559 g/mol. The molecule has 1 aliphatic heterocycles. The largest absolute Gasteiger partial charge is 0.457 e. The Morgan fingerprint density at radius 1 is 0.952 bits per heavy atom. The van der Waals surface area contributed by atoms with Crippen molar-refractivity contribution < 1.29 is 9.53 Å². The Balaban J connectivity index is 1.19. The third-order valence-corrected chi connectivity index (χ3v) is 8.17. The second-order valence-electron chi connectivity index (χ2n) is 11.3. The van der Waals surface area contributed by atoms with Gasteiger partial charge in [-0.2, -0.15) is 0 Å². The molecule has 1 saturated heterocycles.